The standard InChI is InChI=1S/C25H27NO4/c1-3-29-25(27)23-22(18-11-12-18)20-14-13-19(16-21(20)24(23)26(2)28)30-15-7-10-17-8-5-4-6-9-17/h4-6,8-9,13-14,16,18H,3,7,10-12,15H2,1-2H3/b26-24+. The first-order valence-corrected chi connectivity index (χ1v) is 10.6. The average Bonchev–Trinajstić information content (AvgIpc) is 3.52. The highest BCUT2D eigenvalue weighted by Gasteiger charge is 2.43. The lowest BCUT2D eigenvalue weighted by molar-refractivity contribution is -0.421. The number of benzene rings is 2. The summed E-state index contributed by atoms with van der Waals surface area (Å²) < 4.78 is 12.0. The van der Waals surface area contributed by atoms with Gasteiger partial charge in [-0.15, -0.1) is 0 Å². The van der Waals surface area contributed by atoms with Crippen molar-refractivity contribution in [1.82, 2.24) is 0 Å². The zero-order valence-corrected chi connectivity index (χ0v) is 17.5. The molecular formula is C25H27NO4. The molecule has 0 N–H and O–H groups in total. The fourth-order valence-electron chi connectivity index (χ4n) is 4.08. The smallest absolute Gasteiger partial charge is 0.345 e. The molecule has 2 aromatic carbocycles. The molecule has 2 aromatic rings. The fourth-order valence-corrected chi connectivity index (χ4v) is 4.08. The number of esters is 1. The Hall–Kier alpha value is -3.08. The largest absolute Gasteiger partial charge is 0.624 e. The minimum absolute atomic E-state index is 0.280. The van der Waals surface area contributed by atoms with Gasteiger partial charge in [0.05, 0.1) is 18.8 Å². The minimum atomic E-state index is -0.418. The van der Waals surface area contributed by atoms with Gasteiger partial charge in [-0.1, -0.05) is 36.4 Å². The van der Waals surface area contributed by atoms with E-state index in [-0.39, 0.29) is 6.61 Å². The highest BCUT2D eigenvalue weighted by atomic mass is 16.5. The molecule has 0 radical (unpaired) electrons. The van der Waals surface area contributed by atoms with Crippen LogP contribution in [0.1, 0.15) is 42.9 Å². The summed E-state index contributed by atoms with van der Waals surface area (Å²) in [5.74, 6) is 0.610. The van der Waals surface area contributed by atoms with Gasteiger partial charge in [0.25, 0.3) is 0 Å². The summed E-state index contributed by atoms with van der Waals surface area (Å²) in [5.41, 5.74) is 4.77. The van der Waals surface area contributed by atoms with Crippen molar-refractivity contribution in [3.8, 4) is 5.75 Å². The zero-order valence-electron chi connectivity index (χ0n) is 17.5. The molecule has 2 aliphatic carbocycles. The molecule has 156 valence electrons. The summed E-state index contributed by atoms with van der Waals surface area (Å²) in [5, 5.41) is 12.4. The molecule has 0 unspecified atom stereocenters. The number of carbonyl (C=O) groups excluding carboxylic acids is 1. The molecule has 0 amide bonds. The number of fused-ring (bicyclic) bond motifs is 1. The van der Waals surface area contributed by atoms with E-state index in [1.165, 1.54) is 12.6 Å². The van der Waals surface area contributed by atoms with Crippen LogP contribution in [-0.4, -0.2) is 36.7 Å². The van der Waals surface area contributed by atoms with Crippen molar-refractivity contribution in [1.29, 1.82) is 0 Å². The Bertz CT molecular complexity index is 999. The minimum Gasteiger partial charge on any atom is -0.624 e. The van der Waals surface area contributed by atoms with E-state index < -0.39 is 5.97 Å². The first-order chi connectivity index (χ1) is 14.6. The lowest BCUT2D eigenvalue weighted by Crippen LogP contribution is -2.21. The van der Waals surface area contributed by atoms with Gasteiger partial charge in [0.2, 0.25) is 5.71 Å². The Morgan fingerprint density at radius 1 is 1.13 bits per heavy atom. The van der Waals surface area contributed by atoms with E-state index in [4.69, 9.17) is 9.47 Å². The van der Waals surface area contributed by atoms with E-state index in [1.807, 2.05) is 36.4 Å². The second kappa shape index (κ2) is 8.74. The van der Waals surface area contributed by atoms with Crippen LogP contribution in [0.25, 0.3) is 5.57 Å². The van der Waals surface area contributed by atoms with Gasteiger partial charge in [-0.2, -0.15) is 0 Å². The predicted octanol–water partition coefficient (Wildman–Crippen LogP) is 4.37. The summed E-state index contributed by atoms with van der Waals surface area (Å²) in [7, 11) is 1.43. The number of nitrogens with zero attached hydrogens (tertiary/aromatic N) is 1. The third-order valence-corrected chi connectivity index (χ3v) is 5.54. The van der Waals surface area contributed by atoms with Crippen LogP contribution >= 0.6 is 0 Å². The molecule has 0 spiro atoms. The van der Waals surface area contributed by atoms with E-state index in [9.17, 15) is 10.0 Å². The number of hydroxylamine groups is 1. The van der Waals surface area contributed by atoms with Gasteiger partial charge in [0, 0.05) is 0 Å². The van der Waals surface area contributed by atoms with E-state index in [1.54, 1.807) is 6.92 Å². The summed E-state index contributed by atoms with van der Waals surface area (Å²) in [6.45, 7) is 2.64. The Balaban J connectivity index is 1.54. The van der Waals surface area contributed by atoms with Crippen molar-refractivity contribution >= 4 is 17.3 Å². The number of ether oxygens (including phenoxy) is 2. The molecule has 0 aliphatic heterocycles. The highest BCUT2D eigenvalue weighted by Crippen LogP contribution is 2.49. The van der Waals surface area contributed by atoms with E-state index in [0.29, 0.717) is 29.6 Å². The first-order valence-electron chi connectivity index (χ1n) is 10.6. The Kier molecular flexibility index (Phi) is 5.88. The lowest BCUT2D eigenvalue weighted by atomic mass is 10.0. The molecule has 1 saturated carbocycles. The molecule has 5 nitrogen and oxygen atoms in total. The summed E-state index contributed by atoms with van der Waals surface area (Å²) in [6.07, 6.45) is 3.92. The quantitative estimate of drug-likeness (QED) is 0.215. The maximum atomic E-state index is 12.7. The van der Waals surface area contributed by atoms with Crippen LogP contribution in [0.3, 0.4) is 0 Å². The van der Waals surface area contributed by atoms with Crippen molar-refractivity contribution in [3.63, 3.8) is 0 Å². The number of hydrogen-bond acceptors (Lipinski definition) is 4. The molecule has 2 aliphatic rings. The fraction of sp³-hybridized carbons (Fsp3) is 0.360. The predicted molar refractivity (Wildman–Crippen MR) is 117 cm³/mol. The Morgan fingerprint density at radius 2 is 1.90 bits per heavy atom. The van der Waals surface area contributed by atoms with Crippen LogP contribution in [0.5, 0.6) is 5.75 Å². The van der Waals surface area contributed by atoms with Gasteiger partial charge < -0.3 is 14.7 Å². The second-order valence-corrected chi connectivity index (χ2v) is 7.77. The molecule has 0 atom stereocenters. The maximum absolute atomic E-state index is 12.7. The number of aryl methyl sites for hydroxylation is 1. The SMILES string of the molecule is CCOC(=O)C1=C(C2CC2)c2ccc(OCCCc3ccccc3)cc2/C1=[N+](/C)[O-]. The van der Waals surface area contributed by atoms with Crippen LogP contribution in [0.2, 0.25) is 0 Å². The van der Waals surface area contributed by atoms with Gasteiger partial charge in [0.15, 0.2) is 0 Å². The third kappa shape index (κ3) is 4.11. The van der Waals surface area contributed by atoms with Gasteiger partial charge in [-0.05, 0) is 67.4 Å². The van der Waals surface area contributed by atoms with Crippen molar-refractivity contribution in [2.45, 2.75) is 32.6 Å². The van der Waals surface area contributed by atoms with Crippen molar-refractivity contribution in [2.24, 2.45) is 5.92 Å². The molecule has 5 heteroatoms. The van der Waals surface area contributed by atoms with Crippen LogP contribution in [0.4, 0.5) is 0 Å². The lowest BCUT2D eigenvalue weighted by Gasteiger charge is -2.10. The molecule has 0 saturated heterocycles. The Labute approximate surface area is 177 Å². The van der Waals surface area contributed by atoms with Crippen molar-refractivity contribution in [2.75, 3.05) is 20.3 Å². The first kappa shape index (κ1) is 20.2. The summed E-state index contributed by atoms with van der Waals surface area (Å²) in [4.78, 5) is 12.7. The van der Waals surface area contributed by atoms with Crippen LogP contribution < -0.4 is 4.74 Å². The van der Waals surface area contributed by atoms with E-state index in [2.05, 4.69) is 12.1 Å². The monoisotopic (exact) mass is 405 g/mol. The number of allylic oxidation sites excluding steroid dienone is 1. The van der Waals surface area contributed by atoms with Gasteiger partial charge in [-0.3, -0.25) is 0 Å². The van der Waals surface area contributed by atoms with Crippen LogP contribution in [0, 0.1) is 11.1 Å². The third-order valence-electron chi connectivity index (χ3n) is 5.54. The van der Waals surface area contributed by atoms with Gasteiger partial charge in [-0.25, -0.2) is 9.53 Å². The molecule has 30 heavy (non-hydrogen) atoms. The van der Waals surface area contributed by atoms with Crippen LogP contribution in [-0.2, 0) is 16.0 Å². The maximum Gasteiger partial charge on any atom is 0.345 e. The van der Waals surface area contributed by atoms with E-state index in [0.717, 1.165) is 47.1 Å². The highest BCUT2D eigenvalue weighted by molar-refractivity contribution is 6.34. The summed E-state index contributed by atoms with van der Waals surface area (Å²) >= 11 is 0. The van der Waals surface area contributed by atoms with Crippen molar-refractivity contribution < 1.29 is 19.0 Å². The molecule has 1 fully saturated rings. The molecule has 4 rings (SSSR count). The van der Waals surface area contributed by atoms with Crippen LogP contribution in [0.15, 0.2) is 54.1 Å². The zero-order chi connectivity index (χ0) is 21.1. The molecule has 0 bridgehead atoms. The number of rotatable bonds is 8. The second-order valence-electron chi connectivity index (χ2n) is 7.77. The van der Waals surface area contributed by atoms with Gasteiger partial charge >= 0.3 is 5.97 Å². The van der Waals surface area contributed by atoms with Gasteiger partial charge in [0.1, 0.15) is 18.4 Å². The normalized spacial score (nSPS) is 17.0. The molecular weight excluding hydrogens is 378 g/mol. The number of carbonyl (C=O) groups is 1. The van der Waals surface area contributed by atoms with Crippen molar-refractivity contribution in [3.05, 3.63) is 76.0 Å². The molecule has 0 aromatic heterocycles. The Morgan fingerprint density at radius 3 is 2.57 bits per heavy atom. The topological polar surface area (TPSA) is 61.6 Å². The molecule has 0 heterocycles. The summed E-state index contributed by atoms with van der Waals surface area (Å²) in [6, 6.07) is 16.1. The average molecular weight is 405 g/mol. The number of hydrogen-bond donors (Lipinski definition) is 0. The van der Waals surface area contributed by atoms with E-state index >= 15 is 0 Å².